The highest BCUT2D eigenvalue weighted by Gasteiger charge is 2.56. The van der Waals surface area contributed by atoms with Crippen LogP contribution in [-0.4, -0.2) is 23.8 Å². The van der Waals surface area contributed by atoms with Crippen LogP contribution in [0.2, 0.25) is 0 Å². The van der Waals surface area contributed by atoms with E-state index in [2.05, 4.69) is 41.5 Å². The lowest BCUT2D eigenvalue weighted by atomic mass is 9.63. The first-order valence-electron chi connectivity index (χ1n) is 10.6. The number of rotatable bonds is 1. The van der Waals surface area contributed by atoms with Gasteiger partial charge in [-0.2, -0.15) is 0 Å². The number of ether oxygens (including phenoxy) is 2. The molecule has 2 aliphatic rings. The van der Waals surface area contributed by atoms with Crippen LogP contribution >= 0.6 is 0 Å². The maximum Gasteiger partial charge on any atom is 0.174 e. The Kier molecular flexibility index (Phi) is 4.80. The van der Waals surface area contributed by atoms with Gasteiger partial charge in [0.25, 0.3) is 0 Å². The Morgan fingerprint density at radius 3 is 1.27 bits per heavy atom. The minimum absolute atomic E-state index is 0.0349. The Hall–Kier alpha value is -2.62. The second-order valence-electron chi connectivity index (χ2n) is 10.6. The van der Waals surface area contributed by atoms with Gasteiger partial charge in [0.2, 0.25) is 0 Å². The number of fused-ring (bicyclic) bond motifs is 2. The van der Waals surface area contributed by atoms with Gasteiger partial charge in [-0.05, 0) is 35.1 Å². The summed E-state index contributed by atoms with van der Waals surface area (Å²) < 4.78 is 12.8. The minimum atomic E-state index is -0.620. The highest BCUT2D eigenvalue weighted by molar-refractivity contribution is 6.08. The molecule has 0 aromatic heterocycles. The van der Waals surface area contributed by atoms with Crippen LogP contribution in [0.3, 0.4) is 0 Å². The van der Waals surface area contributed by atoms with Gasteiger partial charge in [0.1, 0.15) is 23.7 Å². The largest absolute Gasteiger partial charge is 0.488 e. The highest BCUT2D eigenvalue weighted by Crippen LogP contribution is 2.48. The minimum Gasteiger partial charge on any atom is -0.488 e. The molecule has 0 saturated carbocycles. The normalized spacial score (nSPS) is 26.3. The van der Waals surface area contributed by atoms with E-state index in [0.29, 0.717) is 22.6 Å². The Bertz CT molecular complexity index is 911. The lowest BCUT2D eigenvalue weighted by Crippen LogP contribution is -2.58. The van der Waals surface area contributed by atoms with Crippen molar-refractivity contribution in [2.24, 2.45) is 22.7 Å². The van der Waals surface area contributed by atoms with Gasteiger partial charge in [-0.3, -0.25) is 9.59 Å². The Morgan fingerprint density at radius 2 is 0.933 bits per heavy atom. The summed E-state index contributed by atoms with van der Waals surface area (Å²) in [5.41, 5.74) is 0.408. The third-order valence-electron chi connectivity index (χ3n) is 6.16. The number of benzene rings is 2. The van der Waals surface area contributed by atoms with Crippen LogP contribution in [0.1, 0.15) is 62.3 Å². The quantitative estimate of drug-likeness (QED) is 0.619. The molecule has 0 radical (unpaired) electrons. The van der Waals surface area contributed by atoms with Gasteiger partial charge in [0.15, 0.2) is 11.6 Å². The van der Waals surface area contributed by atoms with E-state index in [9.17, 15) is 9.59 Å². The summed E-state index contributed by atoms with van der Waals surface area (Å²) in [6, 6.07) is 14.7. The number of ketones is 2. The Labute approximate surface area is 178 Å². The van der Waals surface area contributed by atoms with Crippen molar-refractivity contribution < 1.29 is 19.1 Å². The average Bonchev–Trinajstić information content (AvgIpc) is 2.67. The molecule has 4 atom stereocenters. The Balaban J connectivity index is 1.90. The van der Waals surface area contributed by atoms with Gasteiger partial charge in [0, 0.05) is 0 Å². The molecule has 2 aromatic rings. The summed E-state index contributed by atoms with van der Waals surface area (Å²) in [4.78, 5) is 27.6. The molecule has 4 heteroatoms. The van der Waals surface area contributed by atoms with Crippen LogP contribution in [0.4, 0.5) is 0 Å². The SMILES string of the molecule is CC(C)(C)C1Oc2ccccc2C(=O)C1C1C(=O)c2ccccc2OC1C(C)(C)C. The van der Waals surface area contributed by atoms with E-state index >= 15 is 0 Å². The second-order valence-corrected chi connectivity index (χ2v) is 10.6. The maximum atomic E-state index is 13.8. The fourth-order valence-corrected chi connectivity index (χ4v) is 4.73. The molecule has 0 fully saturated rings. The number of carbonyl (C=O) groups excluding carboxylic acids is 2. The highest BCUT2D eigenvalue weighted by atomic mass is 16.5. The number of para-hydroxylation sites is 2. The molecule has 2 aliphatic heterocycles. The van der Waals surface area contributed by atoms with Gasteiger partial charge >= 0.3 is 0 Å². The first kappa shape index (κ1) is 20.6. The zero-order chi connectivity index (χ0) is 21.8. The maximum absolute atomic E-state index is 13.8. The number of Topliss-reactive ketones (excluding diaryl/α,β-unsaturated/α-hetero) is 2. The van der Waals surface area contributed by atoms with E-state index in [4.69, 9.17) is 9.47 Å². The number of carbonyl (C=O) groups is 2. The van der Waals surface area contributed by atoms with Crippen molar-refractivity contribution in [3.05, 3.63) is 59.7 Å². The van der Waals surface area contributed by atoms with Crippen molar-refractivity contribution in [1.29, 1.82) is 0 Å². The zero-order valence-electron chi connectivity index (χ0n) is 18.6. The average molecular weight is 407 g/mol. The standard InChI is InChI=1S/C26H30O4/c1-25(2,3)23-19(21(27)15-11-7-9-13-17(15)29-23)20-22(28)16-12-8-10-14-18(16)30-24(20)26(4,5)6/h7-14,19-20,23-24H,1-6H3. The first-order valence-corrected chi connectivity index (χ1v) is 10.6. The van der Waals surface area contributed by atoms with Gasteiger partial charge in [-0.25, -0.2) is 0 Å². The fourth-order valence-electron chi connectivity index (χ4n) is 4.73. The van der Waals surface area contributed by atoms with Crippen molar-refractivity contribution >= 4 is 11.6 Å². The molecule has 158 valence electrons. The summed E-state index contributed by atoms with van der Waals surface area (Å²) in [5.74, 6) is -0.124. The summed E-state index contributed by atoms with van der Waals surface area (Å²) in [6.45, 7) is 12.3. The van der Waals surface area contributed by atoms with Crippen LogP contribution < -0.4 is 9.47 Å². The molecule has 4 unspecified atom stereocenters. The van der Waals surface area contributed by atoms with Crippen molar-refractivity contribution in [3.63, 3.8) is 0 Å². The van der Waals surface area contributed by atoms with Crippen LogP contribution in [0.25, 0.3) is 0 Å². The molecule has 0 saturated heterocycles. The topological polar surface area (TPSA) is 52.6 Å². The summed E-state index contributed by atoms with van der Waals surface area (Å²) in [7, 11) is 0. The molecule has 2 aromatic carbocycles. The molecule has 0 amide bonds. The van der Waals surface area contributed by atoms with Gasteiger partial charge in [-0.15, -0.1) is 0 Å². The second kappa shape index (κ2) is 6.97. The van der Waals surface area contributed by atoms with Crippen molar-refractivity contribution in [3.8, 4) is 11.5 Å². The van der Waals surface area contributed by atoms with Crippen LogP contribution in [0.15, 0.2) is 48.5 Å². The smallest absolute Gasteiger partial charge is 0.174 e. The van der Waals surface area contributed by atoms with E-state index in [1.807, 2.05) is 36.4 Å². The molecule has 30 heavy (non-hydrogen) atoms. The van der Waals surface area contributed by atoms with E-state index in [0.717, 1.165) is 0 Å². The lowest BCUT2D eigenvalue weighted by Gasteiger charge is -2.48. The monoisotopic (exact) mass is 406 g/mol. The predicted octanol–water partition coefficient (Wildman–Crippen LogP) is 5.60. The Morgan fingerprint density at radius 1 is 0.600 bits per heavy atom. The van der Waals surface area contributed by atoms with Crippen molar-refractivity contribution in [2.75, 3.05) is 0 Å². The van der Waals surface area contributed by atoms with Gasteiger partial charge < -0.3 is 9.47 Å². The molecule has 0 bridgehead atoms. The van der Waals surface area contributed by atoms with Crippen molar-refractivity contribution in [2.45, 2.75) is 53.8 Å². The first-order chi connectivity index (χ1) is 14.0. The molecule has 4 rings (SSSR count). The lowest BCUT2D eigenvalue weighted by molar-refractivity contribution is -0.0424. The summed E-state index contributed by atoms with van der Waals surface area (Å²) >= 11 is 0. The fraction of sp³-hybridized carbons (Fsp3) is 0.462. The van der Waals surface area contributed by atoms with Crippen LogP contribution in [0.5, 0.6) is 11.5 Å². The molecule has 2 heterocycles. The third-order valence-corrected chi connectivity index (χ3v) is 6.16. The molecule has 0 aliphatic carbocycles. The predicted molar refractivity (Wildman–Crippen MR) is 116 cm³/mol. The van der Waals surface area contributed by atoms with E-state index < -0.39 is 24.0 Å². The van der Waals surface area contributed by atoms with E-state index in [1.54, 1.807) is 12.1 Å². The van der Waals surface area contributed by atoms with Crippen LogP contribution in [0, 0.1) is 22.7 Å². The summed E-state index contributed by atoms with van der Waals surface area (Å²) in [6.07, 6.45) is -0.875. The molecule has 4 nitrogen and oxygen atoms in total. The molecular weight excluding hydrogens is 376 g/mol. The molecule has 0 spiro atoms. The molecular formula is C26H30O4. The number of hydrogen-bond donors (Lipinski definition) is 0. The van der Waals surface area contributed by atoms with Gasteiger partial charge in [-0.1, -0.05) is 65.8 Å². The van der Waals surface area contributed by atoms with Crippen molar-refractivity contribution in [1.82, 2.24) is 0 Å². The van der Waals surface area contributed by atoms with E-state index in [1.165, 1.54) is 0 Å². The number of hydrogen-bond acceptors (Lipinski definition) is 4. The third kappa shape index (κ3) is 3.32. The zero-order valence-corrected chi connectivity index (χ0v) is 18.6. The van der Waals surface area contributed by atoms with Gasteiger partial charge in [0.05, 0.1) is 23.0 Å². The molecule has 0 N–H and O–H groups in total. The van der Waals surface area contributed by atoms with Crippen LogP contribution in [-0.2, 0) is 0 Å². The summed E-state index contributed by atoms with van der Waals surface area (Å²) in [5, 5.41) is 0. The van der Waals surface area contributed by atoms with E-state index in [-0.39, 0.29) is 22.4 Å².